The van der Waals surface area contributed by atoms with E-state index in [9.17, 15) is 0 Å². The van der Waals surface area contributed by atoms with Crippen LogP contribution in [0.25, 0.3) is 0 Å². The van der Waals surface area contributed by atoms with E-state index in [0.29, 0.717) is 0 Å². The van der Waals surface area contributed by atoms with Crippen LogP contribution < -0.4 is 11.5 Å². The average Bonchev–Trinajstić information content (AvgIpc) is 3.52. The lowest BCUT2D eigenvalue weighted by Gasteiger charge is -2.25. The molecule has 0 bridgehead atoms. The molecular weight excluding hydrogens is 420 g/mol. The highest BCUT2D eigenvalue weighted by molar-refractivity contribution is 4.90. The second-order valence-corrected chi connectivity index (χ2v) is 11.4. The van der Waals surface area contributed by atoms with Crippen LogP contribution in [-0.2, 0) is 9.47 Å². The van der Waals surface area contributed by atoms with Crippen molar-refractivity contribution in [2.75, 3.05) is 0 Å². The molecule has 0 amide bonds. The first kappa shape index (κ1) is 30.1. The second-order valence-electron chi connectivity index (χ2n) is 11.4. The molecule has 34 heavy (non-hydrogen) atoms. The summed E-state index contributed by atoms with van der Waals surface area (Å²) in [6.45, 7) is 4.56. The van der Waals surface area contributed by atoms with Gasteiger partial charge in [0.15, 0.2) is 0 Å². The van der Waals surface area contributed by atoms with E-state index in [0.717, 1.165) is 38.5 Å². The fourth-order valence-corrected chi connectivity index (χ4v) is 5.95. The second kappa shape index (κ2) is 19.0. The average molecular weight is 481 g/mol. The molecule has 2 rings (SSSR count). The Labute approximate surface area is 212 Å². The van der Waals surface area contributed by atoms with Gasteiger partial charge in [0.05, 0.1) is 24.4 Å². The predicted molar refractivity (Wildman–Crippen MR) is 146 cm³/mol. The van der Waals surface area contributed by atoms with Gasteiger partial charge in [-0.25, -0.2) is 0 Å². The summed E-state index contributed by atoms with van der Waals surface area (Å²) < 4.78 is 12.8. The van der Waals surface area contributed by atoms with Crippen molar-refractivity contribution in [1.82, 2.24) is 0 Å². The number of nitrogens with two attached hydrogens (primary N) is 2. The van der Waals surface area contributed by atoms with Gasteiger partial charge in [-0.1, -0.05) is 117 Å². The van der Waals surface area contributed by atoms with Crippen LogP contribution in [0.4, 0.5) is 0 Å². The van der Waals surface area contributed by atoms with Crippen LogP contribution >= 0.6 is 0 Å². The molecule has 0 radical (unpaired) electrons. The highest BCUT2D eigenvalue weighted by atomic mass is 16.6. The number of rotatable bonds is 21. The SMILES string of the molecule is CCCCCCCCCC[C@@H](N)[C@H]1CC[C@H]([C@H]2CC[C@H]([C@H](N)CCCCCCCCCC)O2)O1. The molecule has 2 aliphatic heterocycles. The van der Waals surface area contributed by atoms with Gasteiger partial charge >= 0.3 is 0 Å². The van der Waals surface area contributed by atoms with Crippen molar-refractivity contribution in [3.63, 3.8) is 0 Å². The molecule has 4 nitrogen and oxygen atoms in total. The van der Waals surface area contributed by atoms with E-state index >= 15 is 0 Å². The van der Waals surface area contributed by atoms with E-state index in [-0.39, 0.29) is 36.5 Å². The summed E-state index contributed by atoms with van der Waals surface area (Å²) in [4.78, 5) is 0. The van der Waals surface area contributed by atoms with Gasteiger partial charge in [-0.3, -0.25) is 0 Å². The molecule has 6 atom stereocenters. The molecule has 0 unspecified atom stereocenters. The van der Waals surface area contributed by atoms with Gasteiger partial charge in [0.2, 0.25) is 0 Å². The van der Waals surface area contributed by atoms with E-state index in [1.165, 1.54) is 103 Å². The van der Waals surface area contributed by atoms with Crippen molar-refractivity contribution >= 4 is 0 Å². The van der Waals surface area contributed by atoms with Crippen molar-refractivity contribution in [1.29, 1.82) is 0 Å². The molecule has 0 spiro atoms. The molecule has 4 heteroatoms. The van der Waals surface area contributed by atoms with Gasteiger partial charge in [0, 0.05) is 12.1 Å². The number of hydrogen-bond donors (Lipinski definition) is 2. The lowest BCUT2D eigenvalue weighted by Crippen LogP contribution is -2.38. The van der Waals surface area contributed by atoms with E-state index in [1.807, 2.05) is 0 Å². The summed E-state index contributed by atoms with van der Waals surface area (Å²) >= 11 is 0. The first-order chi connectivity index (χ1) is 16.7. The fourth-order valence-electron chi connectivity index (χ4n) is 5.95. The molecule has 4 N–H and O–H groups in total. The van der Waals surface area contributed by atoms with Crippen LogP contribution in [0.15, 0.2) is 0 Å². The van der Waals surface area contributed by atoms with Crippen molar-refractivity contribution in [3.8, 4) is 0 Å². The van der Waals surface area contributed by atoms with Gasteiger partial charge in [0.1, 0.15) is 0 Å². The van der Waals surface area contributed by atoms with Crippen molar-refractivity contribution < 1.29 is 9.47 Å². The number of unbranched alkanes of at least 4 members (excludes halogenated alkanes) is 14. The Kier molecular flexibility index (Phi) is 16.8. The standard InChI is InChI=1S/C30H60N2O2/c1-3-5-7-9-11-13-15-17-19-25(31)27-21-23-29(33-27)30-24-22-28(34-30)26(32)20-18-16-14-12-10-8-6-4-2/h25-30H,3-24,31-32H2,1-2H3/t25-,26-,27-,28-,29-,30-/m1/s1. The van der Waals surface area contributed by atoms with Crippen molar-refractivity contribution in [3.05, 3.63) is 0 Å². The van der Waals surface area contributed by atoms with Crippen molar-refractivity contribution in [2.45, 2.75) is 192 Å². The maximum Gasteiger partial charge on any atom is 0.0842 e. The monoisotopic (exact) mass is 480 g/mol. The summed E-state index contributed by atoms with van der Waals surface area (Å²) in [5, 5.41) is 0. The molecule has 2 aliphatic rings. The minimum atomic E-state index is 0.187. The molecule has 202 valence electrons. The molecule has 0 aromatic carbocycles. The lowest BCUT2D eigenvalue weighted by atomic mass is 9.99. The van der Waals surface area contributed by atoms with Crippen LogP contribution in [0.2, 0.25) is 0 Å². The van der Waals surface area contributed by atoms with Crippen LogP contribution in [0.1, 0.15) is 155 Å². The van der Waals surface area contributed by atoms with Crippen LogP contribution in [-0.4, -0.2) is 36.5 Å². The summed E-state index contributed by atoms with van der Waals surface area (Å²) in [6.07, 6.45) is 29.2. The Balaban J connectivity index is 1.51. The van der Waals surface area contributed by atoms with Gasteiger partial charge in [-0.05, 0) is 38.5 Å². The first-order valence-electron chi connectivity index (χ1n) is 15.5. The first-order valence-corrected chi connectivity index (χ1v) is 15.5. The van der Waals surface area contributed by atoms with E-state index < -0.39 is 0 Å². The molecule has 0 saturated carbocycles. The molecule has 0 aromatic rings. The molecule has 2 heterocycles. The normalized spacial score (nSPS) is 26.8. The minimum Gasteiger partial charge on any atom is -0.371 e. The minimum absolute atomic E-state index is 0.187. The fraction of sp³-hybridized carbons (Fsp3) is 1.00. The summed E-state index contributed by atoms with van der Waals surface area (Å²) in [5.41, 5.74) is 13.0. The maximum absolute atomic E-state index is 6.52. The summed E-state index contributed by atoms with van der Waals surface area (Å²) in [7, 11) is 0. The van der Waals surface area contributed by atoms with Gasteiger partial charge in [-0.15, -0.1) is 0 Å². The zero-order chi connectivity index (χ0) is 24.4. The molecule has 2 fully saturated rings. The zero-order valence-corrected chi connectivity index (χ0v) is 23.0. The Morgan fingerprint density at radius 1 is 0.500 bits per heavy atom. The molecule has 2 saturated heterocycles. The van der Waals surface area contributed by atoms with E-state index in [4.69, 9.17) is 20.9 Å². The summed E-state index contributed by atoms with van der Waals surface area (Å²) in [5.74, 6) is 0. The van der Waals surface area contributed by atoms with Crippen LogP contribution in [0.5, 0.6) is 0 Å². The quantitative estimate of drug-likeness (QED) is 0.164. The Morgan fingerprint density at radius 2 is 0.824 bits per heavy atom. The molecule has 0 aromatic heterocycles. The third-order valence-electron chi connectivity index (χ3n) is 8.32. The highest BCUT2D eigenvalue weighted by Gasteiger charge is 2.40. The van der Waals surface area contributed by atoms with Gasteiger partial charge < -0.3 is 20.9 Å². The third kappa shape index (κ3) is 12.2. The smallest absolute Gasteiger partial charge is 0.0842 e. The van der Waals surface area contributed by atoms with E-state index in [1.54, 1.807) is 0 Å². The van der Waals surface area contributed by atoms with E-state index in [2.05, 4.69) is 13.8 Å². The summed E-state index contributed by atoms with van der Waals surface area (Å²) in [6, 6.07) is 0.373. The number of ether oxygens (including phenoxy) is 2. The predicted octanol–water partition coefficient (Wildman–Crippen LogP) is 7.80. The number of hydrogen-bond acceptors (Lipinski definition) is 4. The Bertz CT molecular complexity index is 433. The topological polar surface area (TPSA) is 70.5 Å². The molecule has 0 aliphatic carbocycles. The van der Waals surface area contributed by atoms with Gasteiger partial charge in [-0.2, -0.15) is 0 Å². The lowest BCUT2D eigenvalue weighted by molar-refractivity contribution is -0.0742. The molecular formula is C30H60N2O2. The van der Waals surface area contributed by atoms with Crippen molar-refractivity contribution in [2.24, 2.45) is 11.5 Å². The third-order valence-corrected chi connectivity index (χ3v) is 8.32. The largest absolute Gasteiger partial charge is 0.371 e. The van der Waals surface area contributed by atoms with Gasteiger partial charge in [0.25, 0.3) is 0 Å². The zero-order valence-electron chi connectivity index (χ0n) is 23.0. The Morgan fingerprint density at radius 3 is 1.18 bits per heavy atom. The van der Waals surface area contributed by atoms with Crippen LogP contribution in [0, 0.1) is 0 Å². The maximum atomic E-state index is 6.52. The van der Waals surface area contributed by atoms with Crippen LogP contribution in [0.3, 0.4) is 0 Å². The Hall–Kier alpha value is -0.160. The highest BCUT2D eigenvalue weighted by Crippen LogP contribution is 2.34.